The van der Waals surface area contributed by atoms with Crippen molar-refractivity contribution in [1.82, 2.24) is 4.98 Å². The molecular weight excluding hydrogens is 184 g/mol. The number of hydrogen-bond donors (Lipinski definition) is 1. The van der Waals surface area contributed by atoms with Crippen LogP contribution in [0, 0.1) is 0 Å². The van der Waals surface area contributed by atoms with Gasteiger partial charge in [0, 0.05) is 0 Å². The summed E-state index contributed by atoms with van der Waals surface area (Å²) in [5, 5.41) is 0. The lowest BCUT2D eigenvalue weighted by atomic mass is 10.2. The van der Waals surface area contributed by atoms with Crippen LogP contribution >= 0.6 is 0 Å². The molecule has 1 N–H and O–H groups in total. The second-order valence-electron chi connectivity index (χ2n) is 3.72. The van der Waals surface area contributed by atoms with Crippen LogP contribution in [0.5, 0.6) is 0 Å². The zero-order chi connectivity index (χ0) is 10.5. The Morgan fingerprint density at radius 2 is 2.00 bits per heavy atom. The zero-order valence-corrected chi connectivity index (χ0v) is 9.11. The van der Waals surface area contributed by atoms with Gasteiger partial charge in [0.1, 0.15) is 12.4 Å². The van der Waals surface area contributed by atoms with Crippen molar-refractivity contribution >= 4 is 0 Å². The highest BCUT2D eigenvalue weighted by molar-refractivity contribution is 5.51. The molecule has 1 aromatic heterocycles. The van der Waals surface area contributed by atoms with Gasteiger partial charge >= 0.3 is 0 Å². The van der Waals surface area contributed by atoms with Crippen molar-refractivity contribution in [3.63, 3.8) is 0 Å². The Labute approximate surface area is 90.6 Å². The number of nitrogens with one attached hydrogen (secondary N) is 1. The summed E-state index contributed by atoms with van der Waals surface area (Å²) >= 11 is 0. The summed E-state index contributed by atoms with van der Waals surface area (Å²) in [6.45, 7) is 3.31. The second-order valence-corrected chi connectivity index (χ2v) is 3.72. The van der Waals surface area contributed by atoms with Gasteiger partial charge in [-0.1, -0.05) is 31.5 Å². The first kappa shape index (κ1) is 9.97. The fourth-order valence-corrected chi connectivity index (χ4v) is 1.72. The van der Waals surface area contributed by atoms with Crippen LogP contribution in [0.3, 0.4) is 0 Å². The maximum absolute atomic E-state index is 3.29. The predicted octanol–water partition coefficient (Wildman–Crippen LogP) is 2.77. The van der Waals surface area contributed by atoms with Crippen molar-refractivity contribution in [2.45, 2.75) is 26.3 Å². The molecule has 0 radical (unpaired) electrons. The van der Waals surface area contributed by atoms with Crippen molar-refractivity contribution < 1.29 is 4.57 Å². The molecule has 2 heteroatoms. The van der Waals surface area contributed by atoms with Gasteiger partial charge in [0.2, 0.25) is 0 Å². The van der Waals surface area contributed by atoms with Gasteiger partial charge in [0.25, 0.3) is 5.82 Å². The lowest BCUT2D eigenvalue weighted by molar-refractivity contribution is -0.685. The quantitative estimate of drug-likeness (QED) is 0.734. The molecule has 0 aliphatic rings. The number of unbranched alkanes of at least 4 members (excludes halogenated alkanes) is 1. The number of H-pyrrole nitrogens is 1. The highest BCUT2D eigenvalue weighted by Crippen LogP contribution is 2.11. The van der Waals surface area contributed by atoms with Gasteiger partial charge in [0.05, 0.1) is 12.1 Å². The Bertz CT molecular complexity index is 403. The lowest BCUT2D eigenvalue weighted by Gasteiger charge is -1.99. The molecule has 0 fully saturated rings. The molecule has 1 heterocycles. The minimum atomic E-state index is 1.09. The molecule has 78 valence electrons. The SMILES string of the molecule is CCCC[n+]1cc[nH]c1-c1ccccc1. The third-order valence-corrected chi connectivity index (χ3v) is 2.56. The van der Waals surface area contributed by atoms with Gasteiger partial charge in [-0.05, 0) is 18.6 Å². The van der Waals surface area contributed by atoms with Crippen molar-refractivity contribution in [2.24, 2.45) is 0 Å². The molecule has 0 saturated carbocycles. The van der Waals surface area contributed by atoms with Gasteiger partial charge in [-0.3, -0.25) is 0 Å². The average Bonchev–Trinajstić information content (AvgIpc) is 2.75. The number of imidazole rings is 1. The smallest absolute Gasteiger partial charge is 0.243 e. The van der Waals surface area contributed by atoms with Gasteiger partial charge in [-0.25, -0.2) is 9.55 Å². The summed E-state index contributed by atoms with van der Waals surface area (Å²) in [7, 11) is 0. The van der Waals surface area contributed by atoms with E-state index < -0.39 is 0 Å². The van der Waals surface area contributed by atoms with E-state index in [1.165, 1.54) is 24.2 Å². The van der Waals surface area contributed by atoms with Gasteiger partial charge in [-0.15, -0.1) is 0 Å². The number of hydrogen-bond acceptors (Lipinski definition) is 0. The van der Waals surface area contributed by atoms with Crippen molar-refractivity contribution in [1.29, 1.82) is 0 Å². The molecule has 0 unspecified atom stereocenters. The van der Waals surface area contributed by atoms with E-state index >= 15 is 0 Å². The minimum absolute atomic E-state index is 1.09. The zero-order valence-electron chi connectivity index (χ0n) is 9.11. The predicted molar refractivity (Wildman–Crippen MR) is 61.3 cm³/mol. The summed E-state index contributed by atoms with van der Waals surface area (Å²) in [5.41, 5.74) is 1.25. The molecule has 0 aliphatic carbocycles. The third-order valence-electron chi connectivity index (χ3n) is 2.56. The molecule has 15 heavy (non-hydrogen) atoms. The molecule has 2 nitrogen and oxygen atoms in total. The number of aromatic amines is 1. The molecule has 2 rings (SSSR count). The number of nitrogens with zero attached hydrogens (tertiary/aromatic N) is 1. The summed E-state index contributed by atoms with van der Waals surface area (Å²) in [4.78, 5) is 3.29. The fraction of sp³-hybridized carbons (Fsp3) is 0.308. The van der Waals surface area contributed by atoms with Crippen LogP contribution in [0.25, 0.3) is 11.4 Å². The van der Waals surface area contributed by atoms with E-state index in [4.69, 9.17) is 0 Å². The van der Waals surface area contributed by atoms with E-state index in [0.717, 1.165) is 6.54 Å². The number of aryl methyl sites for hydroxylation is 1. The Balaban J connectivity index is 2.25. The number of aromatic nitrogens is 2. The van der Waals surface area contributed by atoms with Gasteiger partial charge in [-0.2, -0.15) is 0 Å². The number of benzene rings is 1. The van der Waals surface area contributed by atoms with E-state index in [1.807, 2.05) is 12.3 Å². The Morgan fingerprint density at radius 3 is 2.73 bits per heavy atom. The lowest BCUT2D eigenvalue weighted by Crippen LogP contribution is -2.33. The maximum Gasteiger partial charge on any atom is 0.286 e. The second kappa shape index (κ2) is 4.78. The van der Waals surface area contributed by atoms with Crippen molar-refractivity contribution in [2.75, 3.05) is 0 Å². The first-order chi connectivity index (χ1) is 7.42. The molecule has 0 aliphatic heterocycles. The normalized spacial score (nSPS) is 10.5. The van der Waals surface area contributed by atoms with E-state index in [1.54, 1.807) is 0 Å². The van der Waals surface area contributed by atoms with E-state index in [9.17, 15) is 0 Å². The summed E-state index contributed by atoms with van der Waals surface area (Å²) in [5.74, 6) is 1.20. The molecule has 0 bridgehead atoms. The largest absolute Gasteiger partial charge is 0.286 e. The van der Waals surface area contributed by atoms with Crippen molar-refractivity contribution in [3.8, 4) is 11.4 Å². The molecular formula is C13H17N2+. The summed E-state index contributed by atoms with van der Waals surface area (Å²) in [6, 6.07) is 10.5. The van der Waals surface area contributed by atoms with Crippen LogP contribution in [0.15, 0.2) is 42.7 Å². The molecule has 0 amide bonds. The monoisotopic (exact) mass is 201 g/mol. The van der Waals surface area contributed by atoms with Crippen molar-refractivity contribution in [3.05, 3.63) is 42.7 Å². The molecule has 0 spiro atoms. The van der Waals surface area contributed by atoms with Crippen LogP contribution in [0.4, 0.5) is 0 Å². The average molecular weight is 201 g/mol. The third kappa shape index (κ3) is 2.27. The van der Waals surface area contributed by atoms with Crippen LogP contribution in [0.1, 0.15) is 19.8 Å². The Hall–Kier alpha value is -1.57. The molecule has 0 atom stereocenters. The first-order valence-electron chi connectivity index (χ1n) is 5.54. The van der Waals surface area contributed by atoms with Crippen LogP contribution in [-0.2, 0) is 6.54 Å². The fourth-order valence-electron chi connectivity index (χ4n) is 1.72. The highest BCUT2D eigenvalue weighted by Gasteiger charge is 2.11. The Morgan fingerprint density at radius 1 is 1.20 bits per heavy atom. The first-order valence-corrected chi connectivity index (χ1v) is 5.54. The van der Waals surface area contributed by atoms with Crippen LogP contribution < -0.4 is 4.57 Å². The molecule has 2 aromatic rings. The Kier molecular flexibility index (Phi) is 3.18. The van der Waals surface area contributed by atoms with Crippen LogP contribution in [-0.4, -0.2) is 4.98 Å². The van der Waals surface area contributed by atoms with Crippen LogP contribution in [0.2, 0.25) is 0 Å². The number of rotatable bonds is 4. The summed E-state index contributed by atoms with van der Waals surface area (Å²) in [6.07, 6.45) is 6.56. The maximum atomic E-state index is 3.29. The summed E-state index contributed by atoms with van der Waals surface area (Å²) < 4.78 is 2.28. The topological polar surface area (TPSA) is 19.7 Å². The molecule has 1 aromatic carbocycles. The van der Waals surface area contributed by atoms with E-state index in [0.29, 0.717) is 0 Å². The van der Waals surface area contributed by atoms with Gasteiger partial charge in [0.15, 0.2) is 0 Å². The minimum Gasteiger partial charge on any atom is -0.243 e. The van der Waals surface area contributed by atoms with E-state index in [2.05, 4.69) is 46.9 Å². The molecule has 0 saturated heterocycles. The standard InChI is InChI=1S/C13H16N2/c1-2-3-10-15-11-9-14-13(15)12-7-5-4-6-8-12/h4-9,11H,2-3,10H2,1H3/p+1. The van der Waals surface area contributed by atoms with E-state index in [-0.39, 0.29) is 0 Å². The highest BCUT2D eigenvalue weighted by atomic mass is 15.1. The van der Waals surface area contributed by atoms with Gasteiger partial charge < -0.3 is 0 Å².